The Labute approximate surface area is 132 Å². The van der Waals surface area contributed by atoms with E-state index >= 15 is 0 Å². The first-order chi connectivity index (χ1) is 10.8. The lowest BCUT2D eigenvalue weighted by Gasteiger charge is -2.17. The minimum atomic E-state index is 0.302. The van der Waals surface area contributed by atoms with Crippen molar-refractivity contribution in [2.24, 2.45) is 0 Å². The summed E-state index contributed by atoms with van der Waals surface area (Å²) >= 11 is 0. The number of benzene rings is 2. The van der Waals surface area contributed by atoms with E-state index in [4.69, 9.17) is 15.9 Å². The highest BCUT2D eigenvalue weighted by Crippen LogP contribution is 2.33. The van der Waals surface area contributed by atoms with E-state index in [0.717, 1.165) is 35.5 Å². The normalized spacial score (nSPS) is 14.5. The fourth-order valence-corrected chi connectivity index (χ4v) is 2.73. The molecule has 0 atom stereocenters. The number of hydrogen-bond donors (Lipinski definition) is 0. The van der Waals surface area contributed by atoms with E-state index in [9.17, 15) is 0 Å². The van der Waals surface area contributed by atoms with Gasteiger partial charge < -0.3 is 9.47 Å². The lowest BCUT2D eigenvalue weighted by Crippen LogP contribution is -2.12. The van der Waals surface area contributed by atoms with Crippen LogP contribution in [0.2, 0.25) is 0 Å². The molecule has 0 amide bonds. The maximum atomic E-state index is 6.10. The van der Waals surface area contributed by atoms with Crippen LogP contribution in [-0.2, 0) is 6.61 Å². The van der Waals surface area contributed by atoms with Crippen molar-refractivity contribution in [3.63, 3.8) is 0 Å². The molecule has 1 fully saturated rings. The summed E-state index contributed by atoms with van der Waals surface area (Å²) in [7, 11) is 0. The molecule has 0 N–H and O–H groups in total. The zero-order valence-electron chi connectivity index (χ0n) is 12.6. The summed E-state index contributed by atoms with van der Waals surface area (Å²) in [6.45, 7) is 0.510. The van der Waals surface area contributed by atoms with E-state index in [0.29, 0.717) is 12.7 Å². The Balaban J connectivity index is 1.75. The molecule has 3 rings (SSSR count). The minimum absolute atomic E-state index is 0.302. The molecular weight excluding hydrogens is 272 g/mol. The largest absolute Gasteiger partial charge is 0.487 e. The molecule has 22 heavy (non-hydrogen) atoms. The van der Waals surface area contributed by atoms with E-state index in [1.807, 2.05) is 48.5 Å². The van der Waals surface area contributed by atoms with Crippen LogP contribution in [0.25, 0.3) is 0 Å². The molecule has 0 unspecified atom stereocenters. The third kappa shape index (κ3) is 3.62. The van der Waals surface area contributed by atoms with Crippen LogP contribution in [0.1, 0.15) is 36.8 Å². The molecule has 2 heteroatoms. The Morgan fingerprint density at radius 1 is 1.00 bits per heavy atom. The summed E-state index contributed by atoms with van der Waals surface area (Å²) in [6.07, 6.45) is 10.5. The van der Waals surface area contributed by atoms with E-state index in [1.165, 1.54) is 12.8 Å². The van der Waals surface area contributed by atoms with Crippen molar-refractivity contribution < 1.29 is 9.47 Å². The standard InChI is InChI=1S/C20H20O2/c1-2-16-12-13-19(22-18-10-6-7-11-18)20(14-16)21-15-17-8-4-3-5-9-17/h1,3-5,8-9,12-14,18H,6-7,10-11,15H2. The fraction of sp³-hybridized carbons (Fsp3) is 0.300. The van der Waals surface area contributed by atoms with Crippen LogP contribution in [0.15, 0.2) is 48.5 Å². The third-order valence-corrected chi connectivity index (χ3v) is 3.94. The van der Waals surface area contributed by atoms with Gasteiger partial charge in [-0.15, -0.1) is 6.42 Å². The monoisotopic (exact) mass is 292 g/mol. The molecule has 0 radical (unpaired) electrons. The first kappa shape index (κ1) is 14.5. The zero-order valence-corrected chi connectivity index (χ0v) is 12.6. The molecule has 0 aromatic heterocycles. The number of terminal acetylenes is 1. The van der Waals surface area contributed by atoms with Crippen LogP contribution in [0.5, 0.6) is 11.5 Å². The van der Waals surface area contributed by atoms with E-state index in [2.05, 4.69) is 5.92 Å². The third-order valence-electron chi connectivity index (χ3n) is 3.94. The molecule has 0 bridgehead atoms. The fourth-order valence-electron chi connectivity index (χ4n) is 2.73. The van der Waals surface area contributed by atoms with Crippen LogP contribution in [0.3, 0.4) is 0 Å². The lowest BCUT2D eigenvalue weighted by molar-refractivity contribution is 0.193. The number of rotatable bonds is 5. The van der Waals surface area contributed by atoms with Crippen molar-refractivity contribution in [2.45, 2.75) is 38.4 Å². The van der Waals surface area contributed by atoms with Gasteiger partial charge in [0.05, 0.1) is 6.10 Å². The van der Waals surface area contributed by atoms with Gasteiger partial charge in [0.15, 0.2) is 11.5 Å². The van der Waals surface area contributed by atoms with Crippen molar-refractivity contribution >= 4 is 0 Å². The average molecular weight is 292 g/mol. The van der Waals surface area contributed by atoms with Crippen LogP contribution >= 0.6 is 0 Å². The highest BCUT2D eigenvalue weighted by atomic mass is 16.5. The van der Waals surface area contributed by atoms with Gasteiger partial charge in [-0.05, 0) is 49.4 Å². The predicted octanol–water partition coefficient (Wildman–Crippen LogP) is 4.57. The molecule has 0 spiro atoms. The Hall–Kier alpha value is -2.40. The molecule has 0 aliphatic heterocycles. The second-order valence-electron chi connectivity index (χ2n) is 5.60. The van der Waals surface area contributed by atoms with Crippen molar-refractivity contribution in [3.05, 3.63) is 59.7 Å². The zero-order chi connectivity index (χ0) is 15.2. The summed E-state index contributed by atoms with van der Waals surface area (Å²) in [5.74, 6) is 4.17. The summed E-state index contributed by atoms with van der Waals surface area (Å²) < 4.78 is 12.1. The van der Waals surface area contributed by atoms with Crippen LogP contribution in [-0.4, -0.2) is 6.10 Å². The van der Waals surface area contributed by atoms with Crippen molar-refractivity contribution in [2.75, 3.05) is 0 Å². The van der Waals surface area contributed by atoms with Crippen LogP contribution in [0.4, 0.5) is 0 Å². The Morgan fingerprint density at radius 2 is 1.77 bits per heavy atom. The van der Waals surface area contributed by atoms with Gasteiger partial charge in [-0.3, -0.25) is 0 Å². The molecule has 112 valence electrons. The SMILES string of the molecule is C#Cc1ccc(OC2CCCC2)c(OCc2ccccc2)c1. The number of ether oxygens (including phenoxy) is 2. The van der Waals surface area contributed by atoms with Gasteiger partial charge >= 0.3 is 0 Å². The summed E-state index contributed by atoms with van der Waals surface area (Å²) in [5, 5.41) is 0. The Morgan fingerprint density at radius 3 is 2.50 bits per heavy atom. The van der Waals surface area contributed by atoms with E-state index in [1.54, 1.807) is 0 Å². The van der Waals surface area contributed by atoms with Gasteiger partial charge in [0.25, 0.3) is 0 Å². The molecule has 1 aliphatic carbocycles. The van der Waals surface area contributed by atoms with Crippen molar-refractivity contribution in [1.29, 1.82) is 0 Å². The van der Waals surface area contributed by atoms with Gasteiger partial charge in [0, 0.05) is 5.56 Å². The minimum Gasteiger partial charge on any atom is -0.487 e. The van der Waals surface area contributed by atoms with Crippen molar-refractivity contribution in [1.82, 2.24) is 0 Å². The maximum absolute atomic E-state index is 6.10. The molecule has 0 saturated heterocycles. The van der Waals surface area contributed by atoms with E-state index in [-0.39, 0.29) is 0 Å². The first-order valence-electron chi connectivity index (χ1n) is 7.79. The van der Waals surface area contributed by atoms with Gasteiger partial charge in [0.1, 0.15) is 6.61 Å². The van der Waals surface area contributed by atoms with Gasteiger partial charge in [-0.2, -0.15) is 0 Å². The second kappa shape index (κ2) is 7.04. The highest BCUT2D eigenvalue weighted by molar-refractivity contribution is 5.48. The predicted molar refractivity (Wildman–Crippen MR) is 88.0 cm³/mol. The molecule has 0 heterocycles. The van der Waals surface area contributed by atoms with Gasteiger partial charge in [-0.25, -0.2) is 0 Å². The Kier molecular flexibility index (Phi) is 4.65. The topological polar surface area (TPSA) is 18.5 Å². The number of hydrogen-bond acceptors (Lipinski definition) is 2. The first-order valence-corrected chi connectivity index (χ1v) is 7.79. The molecular formula is C20H20O2. The van der Waals surface area contributed by atoms with Crippen LogP contribution < -0.4 is 9.47 Å². The highest BCUT2D eigenvalue weighted by Gasteiger charge is 2.18. The maximum Gasteiger partial charge on any atom is 0.162 e. The van der Waals surface area contributed by atoms with Gasteiger partial charge in [-0.1, -0.05) is 36.3 Å². The molecule has 2 nitrogen and oxygen atoms in total. The van der Waals surface area contributed by atoms with Crippen LogP contribution in [0, 0.1) is 12.3 Å². The van der Waals surface area contributed by atoms with Crippen molar-refractivity contribution in [3.8, 4) is 23.8 Å². The summed E-state index contributed by atoms with van der Waals surface area (Å²) in [4.78, 5) is 0. The quantitative estimate of drug-likeness (QED) is 0.752. The molecule has 1 aliphatic rings. The summed E-state index contributed by atoms with van der Waals surface area (Å²) in [6, 6.07) is 15.8. The molecule has 2 aromatic carbocycles. The average Bonchev–Trinajstić information content (AvgIpc) is 3.08. The summed E-state index contributed by atoms with van der Waals surface area (Å²) in [5.41, 5.74) is 1.93. The molecule has 1 saturated carbocycles. The van der Waals surface area contributed by atoms with E-state index < -0.39 is 0 Å². The lowest BCUT2D eigenvalue weighted by atomic mass is 10.2. The van der Waals surface area contributed by atoms with Gasteiger partial charge in [0.2, 0.25) is 0 Å². The second-order valence-corrected chi connectivity index (χ2v) is 5.60. The molecule has 2 aromatic rings. The Bertz CT molecular complexity index is 649. The smallest absolute Gasteiger partial charge is 0.162 e.